The zero-order valence-electron chi connectivity index (χ0n) is 20.4. The van der Waals surface area contributed by atoms with Gasteiger partial charge in [0.15, 0.2) is 0 Å². The monoisotopic (exact) mass is 467 g/mol. The molecular weight excluding hydrogens is 434 g/mol. The molecule has 3 atom stereocenters. The molecule has 8 nitrogen and oxygen atoms in total. The molecule has 3 rings (SSSR count). The van der Waals surface area contributed by atoms with Crippen molar-refractivity contribution >= 4 is 23.4 Å². The van der Waals surface area contributed by atoms with Crippen molar-refractivity contribution in [3.8, 4) is 5.75 Å². The molecule has 1 heterocycles. The van der Waals surface area contributed by atoms with E-state index in [1.54, 1.807) is 66.4 Å². The van der Waals surface area contributed by atoms with Gasteiger partial charge in [0.1, 0.15) is 12.4 Å². The molecule has 2 aromatic carbocycles. The Labute approximate surface area is 200 Å². The minimum Gasteiger partial charge on any atom is -0.491 e. The maximum Gasteiger partial charge on any atom is 0.257 e. The topological polar surface area (TPSA) is 88.2 Å². The second-order valence-corrected chi connectivity index (χ2v) is 8.80. The number of carbonyl (C=O) groups excluding carboxylic acids is 3. The average Bonchev–Trinajstić information content (AvgIpc) is 2.83. The van der Waals surface area contributed by atoms with Crippen LogP contribution in [-0.2, 0) is 9.53 Å². The molecule has 1 aliphatic rings. The van der Waals surface area contributed by atoms with Gasteiger partial charge in [0.2, 0.25) is 5.91 Å². The first-order valence-electron chi connectivity index (χ1n) is 11.4. The summed E-state index contributed by atoms with van der Waals surface area (Å²) in [6, 6.07) is 13.6. The number of hydrogen-bond donors (Lipinski definition) is 1. The van der Waals surface area contributed by atoms with Crippen molar-refractivity contribution in [2.75, 3.05) is 39.2 Å². The predicted octanol–water partition coefficient (Wildman–Crippen LogP) is 3.29. The van der Waals surface area contributed by atoms with Gasteiger partial charge in [-0.2, -0.15) is 0 Å². The summed E-state index contributed by atoms with van der Waals surface area (Å²) in [5.74, 6) is -0.155. The van der Waals surface area contributed by atoms with Crippen molar-refractivity contribution in [1.82, 2.24) is 9.80 Å². The molecular formula is C26H33N3O5. The molecule has 34 heavy (non-hydrogen) atoms. The Bertz CT molecular complexity index is 1030. The second-order valence-electron chi connectivity index (χ2n) is 8.80. The summed E-state index contributed by atoms with van der Waals surface area (Å²) < 4.78 is 11.7. The molecule has 2 aromatic rings. The number of likely N-dealkylation sites (N-methyl/N-ethyl adjacent to an activating group) is 1. The number of amides is 3. The maximum absolute atomic E-state index is 13.3. The average molecular weight is 468 g/mol. The third kappa shape index (κ3) is 5.94. The Balaban J connectivity index is 1.93. The number of carbonyl (C=O) groups is 3. The fraction of sp³-hybridized carbons (Fsp3) is 0.423. The molecule has 1 aliphatic heterocycles. The van der Waals surface area contributed by atoms with Gasteiger partial charge in [0.05, 0.1) is 17.7 Å². The van der Waals surface area contributed by atoms with Crippen LogP contribution in [0.25, 0.3) is 0 Å². The number of fused-ring (bicyclic) bond motifs is 1. The number of rotatable bonds is 3. The molecule has 0 fully saturated rings. The molecule has 182 valence electrons. The minimum absolute atomic E-state index is 0.0149. The molecule has 0 spiro atoms. The van der Waals surface area contributed by atoms with E-state index < -0.39 is 0 Å². The highest BCUT2D eigenvalue weighted by Gasteiger charge is 2.29. The quantitative estimate of drug-likeness (QED) is 0.748. The Kier molecular flexibility index (Phi) is 8.28. The van der Waals surface area contributed by atoms with Crippen molar-refractivity contribution in [1.29, 1.82) is 0 Å². The number of methoxy groups -OCH3 is 1. The third-order valence-corrected chi connectivity index (χ3v) is 6.15. The number of anilines is 1. The molecule has 0 unspecified atom stereocenters. The van der Waals surface area contributed by atoms with Gasteiger partial charge in [-0.3, -0.25) is 14.4 Å². The standard InChI is InChI=1S/C26H33N3O5/c1-17-14-29(19(3)30)18(2)16-34-23-13-21(27-25(31)20-9-7-6-8-10-20)11-12-22(23)26(32)28(4)15-24(17)33-5/h6-13,17-18,24H,14-16H2,1-5H3,(H,27,31)/t17-,18-,24-/m1/s1. The molecule has 0 radical (unpaired) electrons. The van der Waals surface area contributed by atoms with Gasteiger partial charge in [-0.25, -0.2) is 0 Å². The number of benzene rings is 2. The lowest BCUT2D eigenvalue weighted by atomic mass is 10.0. The first-order chi connectivity index (χ1) is 16.2. The Morgan fingerprint density at radius 3 is 2.44 bits per heavy atom. The normalized spacial score (nSPS) is 21.6. The van der Waals surface area contributed by atoms with Crippen LogP contribution < -0.4 is 10.1 Å². The molecule has 0 aromatic heterocycles. The van der Waals surface area contributed by atoms with E-state index >= 15 is 0 Å². The van der Waals surface area contributed by atoms with E-state index in [-0.39, 0.29) is 42.4 Å². The van der Waals surface area contributed by atoms with Crippen LogP contribution in [0.4, 0.5) is 5.69 Å². The molecule has 0 saturated heterocycles. The lowest BCUT2D eigenvalue weighted by Gasteiger charge is -2.35. The van der Waals surface area contributed by atoms with E-state index in [0.717, 1.165) is 0 Å². The molecule has 8 heteroatoms. The summed E-state index contributed by atoms with van der Waals surface area (Å²) >= 11 is 0. The van der Waals surface area contributed by atoms with Crippen LogP contribution >= 0.6 is 0 Å². The summed E-state index contributed by atoms with van der Waals surface area (Å²) in [5.41, 5.74) is 1.41. The number of hydrogen-bond acceptors (Lipinski definition) is 5. The van der Waals surface area contributed by atoms with Gasteiger partial charge >= 0.3 is 0 Å². The van der Waals surface area contributed by atoms with E-state index in [1.807, 2.05) is 19.9 Å². The Morgan fingerprint density at radius 1 is 1.09 bits per heavy atom. The smallest absolute Gasteiger partial charge is 0.257 e. The van der Waals surface area contributed by atoms with Gasteiger partial charge in [0.25, 0.3) is 11.8 Å². The van der Waals surface area contributed by atoms with Gasteiger partial charge < -0.3 is 24.6 Å². The maximum atomic E-state index is 13.3. The minimum atomic E-state index is -0.259. The van der Waals surface area contributed by atoms with Gasteiger partial charge in [-0.15, -0.1) is 0 Å². The van der Waals surface area contributed by atoms with Crippen LogP contribution in [0.1, 0.15) is 41.5 Å². The first kappa shape index (κ1) is 25.2. The largest absolute Gasteiger partial charge is 0.491 e. The van der Waals surface area contributed by atoms with Crippen LogP contribution in [0.3, 0.4) is 0 Å². The van der Waals surface area contributed by atoms with Crippen molar-refractivity contribution in [3.63, 3.8) is 0 Å². The van der Waals surface area contributed by atoms with E-state index in [0.29, 0.717) is 35.7 Å². The molecule has 1 N–H and O–H groups in total. The fourth-order valence-corrected chi connectivity index (χ4v) is 4.08. The van der Waals surface area contributed by atoms with Crippen LogP contribution in [0.15, 0.2) is 48.5 Å². The summed E-state index contributed by atoms with van der Waals surface area (Å²) in [5, 5.41) is 2.85. The second kappa shape index (κ2) is 11.2. The highest BCUT2D eigenvalue weighted by atomic mass is 16.5. The lowest BCUT2D eigenvalue weighted by Crippen LogP contribution is -2.48. The van der Waals surface area contributed by atoms with Crippen LogP contribution in [0.2, 0.25) is 0 Å². The van der Waals surface area contributed by atoms with Crippen LogP contribution in [0.5, 0.6) is 5.75 Å². The van der Waals surface area contributed by atoms with E-state index in [2.05, 4.69) is 5.32 Å². The highest BCUT2D eigenvalue weighted by Crippen LogP contribution is 2.27. The zero-order valence-corrected chi connectivity index (χ0v) is 20.4. The number of ether oxygens (including phenoxy) is 2. The first-order valence-corrected chi connectivity index (χ1v) is 11.4. The van der Waals surface area contributed by atoms with Crippen molar-refractivity contribution < 1.29 is 23.9 Å². The molecule has 0 aliphatic carbocycles. The van der Waals surface area contributed by atoms with Crippen LogP contribution in [0, 0.1) is 5.92 Å². The van der Waals surface area contributed by atoms with E-state index in [9.17, 15) is 14.4 Å². The number of nitrogens with zero attached hydrogens (tertiary/aromatic N) is 2. The summed E-state index contributed by atoms with van der Waals surface area (Å²) in [6.45, 7) is 6.51. The summed E-state index contributed by atoms with van der Waals surface area (Å²) in [4.78, 5) is 41.6. The summed E-state index contributed by atoms with van der Waals surface area (Å²) in [6.07, 6.45) is -0.240. The SMILES string of the molecule is CO[C@@H]1CN(C)C(=O)c2ccc(NC(=O)c3ccccc3)cc2OC[C@@H](C)N(C(C)=O)C[C@H]1C. The van der Waals surface area contributed by atoms with Crippen molar-refractivity contribution in [3.05, 3.63) is 59.7 Å². The fourth-order valence-electron chi connectivity index (χ4n) is 4.08. The molecule has 0 saturated carbocycles. The summed E-state index contributed by atoms with van der Waals surface area (Å²) in [7, 11) is 3.33. The Morgan fingerprint density at radius 2 is 1.79 bits per heavy atom. The van der Waals surface area contributed by atoms with Gasteiger partial charge in [0, 0.05) is 57.4 Å². The van der Waals surface area contributed by atoms with Crippen LogP contribution in [-0.4, -0.2) is 73.5 Å². The predicted molar refractivity (Wildman–Crippen MR) is 130 cm³/mol. The third-order valence-electron chi connectivity index (χ3n) is 6.15. The highest BCUT2D eigenvalue weighted by molar-refractivity contribution is 6.05. The number of nitrogens with one attached hydrogen (secondary N) is 1. The van der Waals surface area contributed by atoms with Gasteiger partial charge in [-0.1, -0.05) is 25.1 Å². The van der Waals surface area contributed by atoms with Crippen molar-refractivity contribution in [2.24, 2.45) is 5.92 Å². The Hall–Kier alpha value is -3.39. The van der Waals surface area contributed by atoms with Crippen molar-refractivity contribution in [2.45, 2.75) is 32.9 Å². The van der Waals surface area contributed by atoms with Gasteiger partial charge in [-0.05, 0) is 31.2 Å². The van der Waals surface area contributed by atoms with E-state index in [1.165, 1.54) is 6.92 Å². The zero-order chi connectivity index (χ0) is 24.8. The molecule has 3 amide bonds. The van der Waals surface area contributed by atoms with E-state index in [4.69, 9.17) is 9.47 Å². The molecule has 0 bridgehead atoms. The lowest BCUT2D eigenvalue weighted by molar-refractivity contribution is -0.133.